The summed E-state index contributed by atoms with van der Waals surface area (Å²) in [6.07, 6.45) is 9.75. The highest BCUT2D eigenvalue weighted by Gasteiger charge is 2.31. The van der Waals surface area contributed by atoms with Gasteiger partial charge in [0, 0.05) is 44.2 Å². The lowest BCUT2D eigenvalue weighted by Gasteiger charge is -2.39. The molecule has 4 rings (SSSR count). The predicted molar refractivity (Wildman–Crippen MR) is 166 cm³/mol. The summed E-state index contributed by atoms with van der Waals surface area (Å²) < 4.78 is 5.54. The van der Waals surface area contributed by atoms with Crippen LogP contribution in [0, 0.1) is 5.92 Å². The van der Waals surface area contributed by atoms with Crippen LogP contribution in [0.3, 0.4) is 0 Å². The van der Waals surface area contributed by atoms with E-state index in [1.807, 2.05) is 25.7 Å². The second-order valence-corrected chi connectivity index (χ2v) is 13.0. The van der Waals surface area contributed by atoms with Gasteiger partial charge in [0.05, 0.1) is 0 Å². The molecule has 0 bridgehead atoms. The zero-order valence-corrected chi connectivity index (χ0v) is 25.5. The molecule has 6 nitrogen and oxygen atoms in total. The molecule has 224 valence electrons. The van der Waals surface area contributed by atoms with Crippen molar-refractivity contribution >= 4 is 12.0 Å². The number of carbonyl (C=O) groups excluding carboxylic acids is 2. The van der Waals surface area contributed by atoms with E-state index in [0.29, 0.717) is 18.0 Å². The molecule has 0 aliphatic carbocycles. The van der Waals surface area contributed by atoms with Crippen molar-refractivity contribution in [3.63, 3.8) is 0 Å². The van der Waals surface area contributed by atoms with Gasteiger partial charge in [-0.2, -0.15) is 0 Å². The Labute approximate surface area is 247 Å². The zero-order valence-electron chi connectivity index (χ0n) is 25.5. The summed E-state index contributed by atoms with van der Waals surface area (Å²) >= 11 is 0. The summed E-state index contributed by atoms with van der Waals surface area (Å²) in [5, 5.41) is 3.84. The summed E-state index contributed by atoms with van der Waals surface area (Å²) in [6.45, 7) is 8.87. The first-order chi connectivity index (χ1) is 19.8. The molecule has 0 atom stereocenters. The lowest BCUT2D eigenvalue weighted by atomic mass is 9.91. The maximum atomic E-state index is 13.7. The molecule has 2 aromatic rings. The minimum atomic E-state index is -0.458. The van der Waals surface area contributed by atoms with Gasteiger partial charge in [-0.25, -0.2) is 4.79 Å². The van der Waals surface area contributed by atoms with Crippen LogP contribution in [-0.2, 0) is 22.4 Å². The van der Waals surface area contributed by atoms with Crippen molar-refractivity contribution in [1.82, 2.24) is 15.1 Å². The van der Waals surface area contributed by atoms with Gasteiger partial charge in [0.2, 0.25) is 5.91 Å². The fourth-order valence-electron chi connectivity index (χ4n) is 6.20. The first-order valence-corrected chi connectivity index (χ1v) is 15.9. The third kappa shape index (κ3) is 10.5. The maximum Gasteiger partial charge on any atom is 0.410 e. The SMILES string of the molecule is CC(C)(C)OC(=O)N1CCC(NC2CCN(C(=O)C(CCCc3ccccc3)CCCc3ccccc3)CC2)CC1. The van der Waals surface area contributed by atoms with Crippen LogP contribution in [0.15, 0.2) is 60.7 Å². The van der Waals surface area contributed by atoms with Crippen molar-refractivity contribution < 1.29 is 14.3 Å². The van der Waals surface area contributed by atoms with Gasteiger partial charge >= 0.3 is 6.09 Å². The van der Waals surface area contributed by atoms with E-state index in [1.54, 1.807) is 0 Å². The Bertz CT molecular complexity index is 1010. The lowest BCUT2D eigenvalue weighted by Crippen LogP contribution is -2.52. The quantitative estimate of drug-likeness (QED) is 0.335. The molecule has 2 heterocycles. The maximum absolute atomic E-state index is 13.7. The van der Waals surface area contributed by atoms with Crippen LogP contribution in [-0.4, -0.2) is 65.7 Å². The molecule has 2 aliphatic heterocycles. The Morgan fingerprint density at radius 1 is 0.756 bits per heavy atom. The number of amides is 2. The number of hydrogen-bond donors (Lipinski definition) is 1. The van der Waals surface area contributed by atoms with Gasteiger partial charge in [-0.1, -0.05) is 60.7 Å². The van der Waals surface area contributed by atoms with Gasteiger partial charge in [0.1, 0.15) is 5.60 Å². The van der Waals surface area contributed by atoms with Crippen molar-refractivity contribution in [3.8, 4) is 0 Å². The van der Waals surface area contributed by atoms with E-state index in [1.165, 1.54) is 11.1 Å². The molecule has 2 saturated heterocycles. The van der Waals surface area contributed by atoms with E-state index in [4.69, 9.17) is 4.74 Å². The molecule has 2 aliphatic rings. The van der Waals surface area contributed by atoms with Gasteiger partial charge in [-0.05, 0) is 96.1 Å². The number of piperidine rings is 2. The van der Waals surface area contributed by atoms with Crippen LogP contribution in [0.1, 0.15) is 83.3 Å². The van der Waals surface area contributed by atoms with E-state index >= 15 is 0 Å². The van der Waals surface area contributed by atoms with Crippen LogP contribution in [0.4, 0.5) is 4.79 Å². The monoisotopic (exact) mass is 561 g/mol. The summed E-state index contributed by atoms with van der Waals surface area (Å²) in [4.78, 5) is 30.1. The number of benzene rings is 2. The zero-order chi connectivity index (χ0) is 29.1. The predicted octanol–water partition coefficient (Wildman–Crippen LogP) is 6.63. The fourth-order valence-corrected chi connectivity index (χ4v) is 6.20. The Morgan fingerprint density at radius 3 is 1.63 bits per heavy atom. The minimum absolute atomic E-state index is 0.101. The number of nitrogens with one attached hydrogen (secondary N) is 1. The smallest absolute Gasteiger partial charge is 0.410 e. The van der Waals surface area contributed by atoms with E-state index in [0.717, 1.165) is 90.4 Å². The molecule has 41 heavy (non-hydrogen) atoms. The van der Waals surface area contributed by atoms with E-state index in [2.05, 4.69) is 70.9 Å². The fraction of sp³-hybridized carbons (Fsp3) is 0.600. The van der Waals surface area contributed by atoms with Gasteiger partial charge in [0.15, 0.2) is 0 Å². The standard InChI is InChI=1S/C35H51N3O3/c1-35(2,3)41-34(40)38-26-22-32(23-27-38)36-31-20-24-37(25-21-31)33(39)30(18-10-16-28-12-6-4-7-13-28)19-11-17-29-14-8-5-9-15-29/h4-9,12-15,30-32,36H,10-11,16-27H2,1-3H3. The third-order valence-corrected chi connectivity index (χ3v) is 8.50. The van der Waals surface area contributed by atoms with Gasteiger partial charge in [-0.15, -0.1) is 0 Å². The number of ether oxygens (including phenoxy) is 1. The van der Waals surface area contributed by atoms with Crippen LogP contribution in [0.5, 0.6) is 0 Å². The molecular formula is C35H51N3O3. The first-order valence-electron chi connectivity index (χ1n) is 15.9. The van der Waals surface area contributed by atoms with E-state index < -0.39 is 5.60 Å². The largest absolute Gasteiger partial charge is 0.444 e. The van der Waals surface area contributed by atoms with Gasteiger partial charge < -0.3 is 19.9 Å². The molecule has 2 fully saturated rings. The highest BCUT2D eigenvalue weighted by Crippen LogP contribution is 2.24. The normalized spacial score (nSPS) is 17.2. The Kier molecular flexibility index (Phi) is 11.7. The highest BCUT2D eigenvalue weighted by atomic mass is 16.6. The van der Waals surface area contributed by atoms with Crippen molar-refractivity contribution in [3.05, 3.63) is 71.8 Å². The second-order valence-electron chi connectivity index (χ2n) is 13.0. The Morgan fingerprint density at radius 2 is 1.20 bits per heavy atom. The number of carbonyl (C=O) groups is 2. The molecule has 0 aromatic heterocycles. The molecular weight excluding hydrogens is 510 g/mol. The van der Waals surface area contributed by atoms with Crippen LogP contribution in [0.25, 0.3) is 0 Å². The molecule has 0 saturated carbocycles. The third-order valence-electron chi connectivity index (χ3n) is 8.50. The molecule has 6 heteroatoms. The minimum Gasteiger partial charge on any atom is -0.444 e. The van der Waals surface area contributed by atoms with Crippen molar-refractivity contribution in [2.45, 2.75) is 103 Å². The lowest BCUT2D eigenvalue weighted by molar-refractivity contribution is -0.137. The summed E-state index contributed by atoms with van der Waals surface area (Å²) in [6, 6.07) is 22.1. The summed E-state index contributed by atoms with van der Waals surface area (Å²) in [5.41, 5.74) is 2.25. The van der Waals surface area contributed by atoms with Gasteiger partial charge in [0.25, 0.3) is 0 Å². The number of nitrogens with zero attached hydrogens (tertiary/aromatic N) is 2. The molecule has 2 amide bonds. The van der Waals surface area contributed by atoms with Crippen molar-refractivity contribution in [2.75, 3.05) is 26.2 Å². The molecule has 2 aromatic carbocycles. The number of aryl methyl sites for hydroxylation is 2. The van der Waals surface area contributed by atoms with Crippen LogP contribution >= 0.6 is 0 Å². The average molecular weight is 562 g/mol. The number of likely N-dealkylation sites (tertiary alicyclic amines) is 2. The second kappa shape index (κ2) is 15.4. The van der Waals surface area contributed by atoms with Crippen LogP contribution in [0.2, 0.25) is 0 Å². The van der Waals surface area contributed by atoms with Crippen molar-refractivity contribution in [2.24, 2.45) is 5.92 Å². The van der Waals surface area contributed by atoms with Gasteiger partial charge in [-0.3, -0.25) is 4.79 Å². The molecule has 1 N–H and O–H groups in total. The Balaban J connectivity index is 1.22. The summed E-state index contributed by atoms with van der Waals surface area (Å²) in [7, 11) is 0. The van der Waals surface area contributed by atoms with E-state index in [9.17, 15) is 9.59 Å². The number of rotatable bonds is 11. The van der Waals surface area contributed by atoms with Crippen LogP contribution < -0.4 is 5.32 Å². The molecule has 0 unspecified atom stereocenters. The Hall–Kier alpha value is -2.86. The number of hydrogen-bond acceptors (Lipinski definition) is 4. The first kappa shape index (κ1) is 31.1. The van der Waals surface area contributed by atoms with E-state index in [-0.39, 0.29) is 12.0 Å². The molecule has 0 radical (unpaired) electrons. The highest BCUT2D eigenvalue weighted by molar-refractivity contribution is 5.79. The molecule has 0 spiro atoms. The summed E-state index contributed by atoms with van der Waals surface area (Å²) in [5.74, 6) is 0.458. The van der Waals surface area contributed by atoms with Crippen molar-refractivity contribution in [1.29, 1.82) is 0 Å². The average Bonchev–Trinajstić information content (AvgIpc) is 2.97. The topological polar surface area (TPSA) is 61.9 Å².